The van der Waals surface area contributed by atoms with E-state index in [-0.39, 0.29) is 62.1 Å². The lowest BCUT2D eigenvalue weighted by Crippen LogP contribution is -2.50. The third-order valence-electron chi connectivity index (χ3n) is 11.4. The fourth-order valence-corrected chi connectivity index (χ4v) is 8.96. The third kappa shape index (κ3) is 11.6. The summed E-state index contributed by atoms with van der Waals surface area (Å²) >= 11 is 7.04. The van der Waals surface area contributed by atoms with Crippen molar-refractivity contribution < 1.29 is 38.1 Å². The first kappa shape index (κ1) is 50.7. The molecule has 6 aromatic carbocycles. The lowest BCUT2D eigenvalue weighted by Gasteiger charge is -2.47. The third-order valence-corrected chi connectivity index (χ3v) is 12.4. The number of carbonyl (C=O) groups excluding carboxylic acids is 4. The molecular weight excluding hydrogens is 1020 g/mol. The highest BCUT2D eigenvalue weighted by molar-refractivity contribution is 9.10. The second kappa shape index (κ2) is 24.4. The summed E-state index contributed by atoms with van der Waals surface area (Å²) in [5, 5.41) is 0. The number of para-hydroxylation sites is 4. The first-order chi connectivity index (χ1) is 34.1. The fraction of sp³-hybridized carbons (Fsp3) is 0.214. The second-order valence-electron chi connectivity index (χ2n) is 15.7. The van der Waals surface area contributed by atoms with Crippen LogP contribution >= 0.6 is 31.9 Å². The topological polar surface area (TPSA) is 118 Å². The molecule has 2 aliphatic heterocycles. The molecule has 0 unspecified atom stereocenters. The van der Waals surface area contributed by atoms with Crippen molar-refractivity contribution in [3.8, 4) is 0 Å². The average molecular weight is 1070 g/mol. The van der Waals surface area contributed by atoms with E-state index in [0.717, 1.165) is 42.8 Å². The molecule has 70 heavy (non-hydrogen) atoms. The minimum Gasteiger partial charge on any atom is -0.463 e. The zero-order chi connectivity index (χ0) is 49.6. The SMILES string of the molecule is CCOC(=O)C1=C(C(=O)OCC)N(c2ccccc2)[C@@H](c2ccc(Br)cc2)N(c2ccccc2)C1.CCOC(=O)C1=C(C(=O)OCC)N(c2ccccc2)[C@@H](c2ccc(Br)cc2)N(c2ccccc2)C1. The molecule has 12 nitrogen and oxygen atoms in total. The highest BCUT2D eigenvalue weighted by atomic mass is 79.9. The quantitative estimate of drug-likeness (QED) is 0.0763. The predicted octanol–water partition coefficient (Wildman–Crippen LogP) is 11.7. The Bertz CT molecular complexity index is 2590. The van der Waals surface area contributed by atoms with Crippen LogP contribution in [-0.2, 0) is 38.1 Å². The Morgan fingerprint density at radius 2 is 0.671 bits per heavy atom. The number of rotatable bonds is 14. The molecule has 0 bridgehead atoms. The number of hydrogen-bond donors (Lipinski definition) is 0. The first-order valence-corrected chi connectivity index (χ1v) is 24.7. The molecule has 0 amide bonds. The maximum Gasteiger partial charge on any atom is 0.355 e. The number of ether oxygens (including phenoxy) is 4. The van der Waals surface area contributed by atoms with Crippen molar-refractivity contribution in [2.75, 3.05) is 59.1 Å². The Morgan fingerprint density at radius 3 is 0.957 bits per heavy atom. The summed E-state index contributed by atoms with van der Waals surface area (Å²) in [7, 11) is 0. The van der Waals surface area contributed by atoms with Gasteiger partial charge < -0.3 is 38.5 Å². The highest BCUT2D eigenvalue weighted by Gasteiger charge is 2.44. The van der Waals surface area contributed by atoms with Gasteiger partial charge in [0.05, 0.1) is 50.7 Å². The molecule has 0 spiro atoms. The Morgan fingerprint density at radius 1 is 0.400 bits per heavy atom. The van der Waals surface area contributed by atoms with E-state index >= 15 is 0 Å². The molecule has 0 fully saturated rings. The average Bonchev–Trinajstić information content (AvgIpc) is 3.39. The van der Waals surface area contributed by atoms with Crippen molar-refractivity contribution >= 4 is 78.5 Å². The summed E-state index contributed by atoms with van der Waals surface area (Å²) in [6.07, 6.45) is -0.851. The standard InChI is InChI=1S/2C28H27BrN2O4/c2*1-3-34-27(32)24-19-30(22-11-7-5-8-12-22)26(20-15-17-21(29)18-16-20)31(23-13-9-6-10-14-23)25(24)28(33)35-4-2/h2*5-18,26H,3-4,19H2,1-2H3/t2*26-/m00/s1. The summed E-state index contributed by atoms with van der Waals surface area (Å²) < 4.78 is 23.6. The van der Waals surface area contributed by atoms with Crippen LogP contribution in [0.4, 0.5) is 22.7 Å². The summed E-state index contributed by atoms with van der Waals surface area (Å²) in [6, 6.07) is 54.7. The van der Waals surface area contributed by atoms with E-state index in [9.17, 15) is 19.2 Å². The van der Waals surface area contributed by atoms with Crippen molar-refractivity contribution in [3.05, 3.63) is 212 Å². The number of esters is 4. The summed E-state index contributed by atoms with van der Waals surface area (Å²) in [4.78, 5) is 61.2. The van der Waals surface area contributed by atoms with Crippen LogP contribution in [0.2, 0.25) is 0 Å². The molecule has 2 aliphatic rings. The normalized spacial score (nSPS) is 15.7. The van der Waals surface area contributed by atoms with Gasteiger partial charge in [0.25, 0.3) is 0 Å². The van der Waals surface area contributed by atoms with Crippen LogP contribution in [-0.4, -0.2) is 63.4 Å². The van der Waals surface area contributed by atoms with Crippen molar-refractivity contribution in [2.24, 2.45) is 0 Å². The van der Waals surface area contributed by atoms with Crippen molar-refractivity contribution in [1.82, 2.24) is 0 Å². The number of halogens is 2. The largest absolute Gasteiger partial charge is 0.463 e. The van der Waals surface area contributed by atoms with E-state index < -0.39 is 36.2 Å². The number of anilines is 4. The predicted molar refractivity (Wildman–Crippen MR) is 280 cm³/mol. The van der Waals surface area contributed by atoms with Gasteiger partial charge in [-0.2, -0.15) is 0 Å². The Hall–Kier alpha value is -7.16. The van der Waals surface area contributed by atoms with Crippen LogP contribution < -0.4 is 19.6 Å². The Balaban J connectivity index is 0.000000206. The van der Waals surface area contributed by atoms with Crippen molar-refractivity contribution in [2.45, 2.75) is 40.0 Å². The lowest BCUT2D eigenvalue weighted by molar-refractivity contribution is -0.142. The molecular formula is C56H54Br2N4O8. The van der Waals surface area contributed by atoms with Crippen LogP contribution in [0.3, 0.4) is 0 Å². The van der Waals surface area contributed by atoms with Crippen molar-refractivity contribution in [3.63, 3.8) is 0 Å². The molecule has 2 atom stereocenters. The second-order valence-corrected chi connectivity index (χ2v) is 17.6. The first-order valence-electron chi connectivity index (χ1n) is 23.1. The van der Waals surface area contributed by atoms with Gasteiger partial charge in [-0.05, 0) is 112 Å². The van der Waals surface area contributed by atoms with Gasteiger partial charge >= 0.3 is 23.9 Å². The molecule has 14 heteroatoms. The van der Waals surface area contributed by atoms with E-state index in [1.807, 2.05) is 180 Å². The minimum absolute atomic E-state index is 0.182. The van der Waals surface area contributed by atoms with Gasteiger partial charge in [0.1, 0.15) is 23.7 Å². The van der Waals surface area contributed by atoms with Crippen LogP contribution in [0.1, 0.15) is 51.2 Å². The molecule has 2 heterocycles. The Labute approximate surface area is 426 Å². The molecule has 6 aromatic rings. The smallest absolute Gasteiger partial charge is 0.355 e. The van der Waals surface area contributed by atoms with Gasteiger partial charge in [0.15, 0.2) is 0 Å². The number of hydrogen-bond acceptors (Lipinski definition) is 12. The van der Waals surface area contributed by atoms with Gasteiger partial charge in [-0.3, -0.25) is 0 Å². The van der Waals surface area contributed by atoms with Crippen LogP contribution in [0.5, 0.6) is 0 Å². The minimum atomic E-state index is -0.561. The maximum atomic E-state index is 13.4. The fourth-order valence-electron chi connectivity index (χ4n) is 8.43. The highest BCUT2D eigenvalue weighted by Crippen LogP contribution is 2.44. The van der Waals surface area contributed by atoms with E-state index in [1.54, 1.807) is 27.7 Å². The van der Waals surface area contributed by atoms with Gasteiger partial charge in [-0.15, -0.1) is 0 Å². The molecule has 360 valence electrons. The van der Waals surface area contributed by atoms with Gasteiger partial charge in [0.2, 0.25) is 0 Å². The molecule has 0 saturated carbocycles. The number of nitrogens with zero attached hydrogens (tertiary/aromatic N) is 4. The summed E-state index contributed by atoms with van der Waals surface area (Å²) in [5.41, 5.74) is 6.12. The lowest BCUT2D eigenvalue weighted by atomic mass is 9.99. The molecule has 0 radical (unpaired) electrons. The monoisotopic (exact) mass is 1070 g/mol. The van der Waals surface area contributed by atoms with E-state index in [1.165, 1.54) is 0 Å². The summed E-state index contributed by atoms with van der Waals surface area (Å²) in [6.45, 7) is 8.14. The number of benzene rings is 6. The van der Waals surface area contributed by atoms with Gasteiger partial charge in [0, 0.05) is 31.7 Å². The van der Waals surface area contributed by atoms with Gasteiger partial charge in [-0.25, -0.2) is 19.2 Å². The molecule has 0 saturated heterocycles. The summed E-state index contributed by atoms with van der Waals surface area (Å²) in [5.74, 6) is -2.19. The van der Waals surface area contributed by atoms with Crippen molar-refractivity contribution in [1.29, 1.82) is 0 Å². The maximum absolute atomic E-state index is 13.4. The van der Waals surface area contributed by atoms with E-state index in [2.05, 4.69) is 41.7 Å². The van der Waals surface area contributed by atoms with Gasteiger partial charge in [-0.1, -0.05) is 129 Å². The van der Waals surface area contributed by atoms with Crippen LogP contribution in [0, 0.1) is 0 Å². The molecule has 0 N–H and O–H groups in total. The molecule has 0 aliphatic carbocycles. The number of carbonyl (C=O) groups is 4. The Kier molecular flexibility index (Phi) is 17.7. The zero-order valence-electron chi connectivity index (χ0n) is 39.4. The zero-order valence-corrected chi connectivity index (χ0v) is 42.5. The van der Waals surface area contributed by atoms with E-state index in [0.29, 0.717) is 0 Å². The molecule has 8 rings (SSSR count). The molecule has 0 aromatic heterocycles. The van der Waals surface area contributed by atoms with Crippen LogP contribution in [0.15, 0.2) is 201 Å². The van der Waals surface area contributed by atoms with E-state index in [4.69, 9.17) is 18.9 Å². The van der Waals surface area contributed by atoms with Crippen LogP contribution in [0.25, 0.3) is 0 Å².